The molecular weight excluding hydrogens is 291 g/mol. The molecule has 1 aliphatic carbocycles. The number of aromatic nitrogens is 2. The van der Waals surface area contributed by atoms with Crippen LogP contribution in [0.4, 0.5) is 0 Å². The van der Waals surface area contributed by atoms with Crippen LogP contribution in [0.2, 0.25) is 5.02 Å². The first-order valence-corrected chi connectivity index (χ1v) is 8.36. The molecule has 0 saturated heterocycles. The van der Waals surface area contributed by atoms with Crippen LogP contribution in [0.1, 0.15) is 50.9 Å². The molecule has 4 heteroatoms. The molecule has 0 bridgehead atoms. The lowest BCUT2D eigenvalue weighted by atomic mass is 9.84. The van der Waals surface area contributed by atoms with Gasteiger partial charge in [-0.15, -0.1) is 11.6 Å². The lowest BCUT2D eigenvalue weighted by Gasteiger charge is -2.30. The summed E-state index contributed by atoms with van der Waals surface area (Å²) in [7, 11) is 0. The van der Waals surface area contributed by atoms with Crippen LogP contribution in [0.15, 0.2) is 18.2 Å². The van der Waals surface area contributed by atoms with Crippen LogP contribution in [0, 0.1) is 5.92 Å². The van der Waals surface area contributed by atoms with Crippen molar-refractivity contribution in [3.05, 3.63) is 29.0 Å². The molecule has 1 saturated carbocycles. The predicted octanol–water partition coefficient (Wildman–Crippen LogP) is 5.57. The van der Waals surface area contributed by atoms with Gasteiger partial charge in [-0.3, -0.25) is 0 Å². The van der Waals surface area contributed by atoms with Crippen LogP contribution < -0.4 is 0 Å². The molecule has 0 aliphatic heterocycles. The minimum atomic E-state index is 0.458. The van der Waals surface area contributed by atoms with Crippen LogP contribution in [0.25, 0.3) is 11.0 Å². The van der Waals surface area contributed by atoms with Gasteiger partial charge in [0, 0.05) is 11.1 Å². The van der Waals surface area contributed by atoms with Gasteiger partial charge in [0.1, 0.15) is 5.82 Å². The maximum atomic E-state index is 6.12. The molecule has 2 nitrogen and oxygen atoms in total. The summed E-state index contributed by atoms with van der Waals surface area (Å²) in [6, 6.07) is 6.49. The van der Waals surface area contributed by atoms with E-state index in [1.807, 2.05) is 12.1 Å². The summed E-state index contributed by atoms with van der Waals surface area (Å²) in [5.74, 6) is 2.27. The first-order chi connectivity index (χ1) is 9.72. The molecule has 0 amide bonds. The topological polar surface area (TPSA) is 17.8 Å². The van der Waals surface area contributed by atoms with Gasteiger partial charge in [-0.25, -0.2) is 4.98 Å². The van der Waals surface area contributed by atoms with Gasteiger partial charge < -0.3 is 4.57 Å². The number of hydrogen-bond donors (Lipinski definition) is 0. The number of fused-ring (bicyclic) bond motifs is 1. The monoisotopic (exact) mass is 310 g/mol. The van der Waals surface area contributed by atoms with E-state index in [-0.39, 0.29) is 0 Å². The third-order valence-electron chi connectivity index (χ3n) is 4.54. The zero-order valence-electron chi connectivity index (χ0n) is 11.8. The van der Waals surface area contributed by atoms with Crippen molar-refractivity contribution in [3.8, 4) is 0 Å². The molecule has 108 valence electrons. The van der Waals surface area contributed by atoms with E-state index >= 15 is 0 Å². The summed E-state index contributed by atoms with van der Waals surface area (Å²) in [6.07, 6.45) is 6.41. The van der Waals surface area contributed by atoms with Crippen molar-refractivity contribution in [1.29, 1.82) is 0 Å². The van der Waals surface area contributed by atoms with Crippen LogP contribution in [-0.2, 0) is 5.88 Å². The molecule has 20 heavy (non-hydrogen) atoms. The van der Waals surface area contributed by atoms with E-state index in [1.165, 1.54) is 37.6 Å². The number of hydrogen-bond acceptors (Lipinski definition) is 1. The number of alkyl halides is 1. The second kappa shape index (κ2) is 5.95. The highest BCUT2D eigenvalue weighted by atomic mass is 35.5. The number of nitrogens with zero attached hydrogens (tertiary/aromatic N) is 2. The Morgan fingerprint density at radius 2 is 2.20 bits per heavy atom. The van der Waals surface area contributed by atoms with E-state index in [1.54, 1.807) is 0 Å². The van der Waals surface area contributed by atoms with Crippen LogP contribution in [0.3, 0.4) is 0 Å². The summed E-state index contributed by atoms with van der Waals surface area (Å²) in [5, 5.41) is 0.735. The maximum absolute atomic E-state index is 6.12. The van der Waals surface area contributed by atoms with Crippen molar-refractivity contribution in [2.75, 3.05) is 0 Å². The minimum Gasteiger partial charge on any atom is -0.324 e. The maximum Gasteiger partial charge on any atom is 0.125 e. The first kappa shape index (κ1) is 14.2. The molecule has 3 rings (SSSR count). The number of rotatable bonds is 3. The predicted molar refractivity (Wildman–Crippen MR) is 85.6 cm³/mol. The van der Waals surface area contributed by atoms with Crippen molar-refractivity contribution in [1.82, 2.24) is 9.55 Å². The molecule has 2 aromatic rings. The lowest BCUT2D eigenvalue weighted by molar-refractivity contribution is 0.262. The van der Waals surface area contributed by atoms with E-state index < -0.39 is 0 Å². The average molecular weight is 311 g/mol. The minimum absolute atomic E-state index is 0.458. The van der Waals surface area contributed by atoms with Gasteiger partial charge >= 0.3 is 0 Å². The molecule has 2 unspecified atom stereocenters. The summed E-state index contributed by atoms with van der Waals surface area (Å²) in [5.41, 5.74) is 2.14. The van der Waals surface area contributed by atoms with Gasteiger partial charge in [0.05, 0.1) is 16.9 Å². The highest BCUT2D eigenvalue weighted by Gasteiger charge is 2.25. The third-order valence-corrected chi connectivity index (χ3v) is 5.02. The fourth-order valence-corrected chi connectivity index (χ4v) is 3.85. The van der Waals surface area contributed by atoms with Crippen LogP contribution >= 0.6 is 23.2 Å². The van der Waals surface area contributed by atoms with Crippen LogP contribution in [0.5, 0.6) is 0 Å². The highest BCUT2D eigenvalue weighted by Crippen LogP contribution is 2.37. The van der Waals surface area contributed by atoms with E-state index in [2.05, 4.69) is 22.5 Å². The highest BCUT2D eigenvalue weighted by molar-refractivity contribution is 6.31. The lowest BCUT2D eigenvalue weighted by Crippen LogP contribution is -2.20. The Morgan fingerprint density at radius 1 is 1.35 bits per heavy atom. The van der Waals surface area contributed by atoms with Crippen molar-refractivity contribution >= 4 is 34.2 Å². The second-order valence-corrected chi connectivity index (χ2v) is 6.46. The Morgan fingerprint density at radius 3 is 2.95 bits per heavy atom. The number of imidazole rings is 1. The second-order valence-electron chi connectivity index (χ2n) is 5.76. The Labute approximate surface area is 130 Å². The fourth-order valence-electron chi connectivity index (χ4n) is 3.49. The SMILES string of the molecule is CCC1CCCC(n2c(CCl)nc3cc(Cl)ccc32)C1. The molecule has 1 aromatic heterocycles. The molecule has 1 aliphatic rings. The third kappa shape index (κ3) is 2.56. The smallest absolute Gasteiger partial charge is 0.125 e. The summed E-state index contributed by atoms with van der Waals surface area (Å²) >= 11 is 12.2. The zero-order chi connectivity index (χ0) is 14.1. The molecule has 0 radical (unpaired) electrons. The first-order valence-electron chi connectivity index (χ1n) is 7.45. The van der Waals surface area contributed by atoms with Crippen LogP contribution in [-0.4, -0.2) is 9.55 Å². The molecule has 1 aromatic carbocycles. The standard InChI is InChI=1S/C16H20Cl2N2/c1-2-11-4-3-5-13(8-11)20-15-7-6-12(18)9-14(15)19-16(20)10-17/h6-7,9,11,13H,2-5,8,10H2,1H3. The van der Waals surface area contributed by atoms with Gasteiger partial charge in [0.25, 0.3) is 0 Å². The Hall–Kier alpha value is -0.730. The molecule has 2 atom stereocenters. The van der Waals surface area contributed by atoms with E-state index in [4.69, 9.17) is 23.2 Å². The van der Waals surface area contributed by atoms with Gasteiger partial charge in [-0.05, 0) is 37.0 Å². The largest absolute Gasteiger partial charge is 0.324 e. The molecule has 0 N–H and O–H groups in total. The van der Waals surface area contributed by atoms with Crippen molar-refractivity contribution < 1.29 is 0 Å². The molecular formula is C16H20Cl2N2. The quantitative estimate of drug-likeness (QED) is 0.678. The van der Waals surface area contributed by atoms with E-state index in [9.17, 15) is 0 Å². The average Bonchev–Trinajstić information content (AvgIpc) is 2.84. The van der Waals surface area contributed by atoms with Gasteiger partial charge in [-0.2, -0.15) is 0 Å². The van der Waals surface area contributed by atoms with E-state index in [0.717, 1.165) is 22.3 Å². The summed E-state index contributed by atoms with van der Waals surface area (Å²) < 4.78 is 2.36. The van der Waals surface area contributed by atoms with Crippen molar-refractivity contribution in [2.24, 2.45) is 5.92 Å². The fraction of sp³-hybridized carbons (Fsp3) is 0.562. The molecule has 0 spiro atoms. The van der Waals surface area contributed by atoms with Crippen molar-refractivity contribution in [3.63, 3.8) is 0 Å². The normalized spacial score (nSPS) is 23.4. The Kier molecular flexibility index (Phi) is 4.23. The van der Waals surface area contributed by atoms with E-state index in [0.29, 0.717) is 11.9 Å². The van der Waals surface area contributed by atoms with Gasteiger partial charge in [0.2, 0.25) is 0 Å². The zero-order valence-corrected chi connectivity index (χ0v) is 13.3. The molecule has 1 heterocycles. The number of benzene rings is 1. The summed E-state index contributed by atoms with van der Waals surface area (Å²) in [4.78, 5) is 4.66. The summed E-state index contributed by atoms with van der Waals surface area (Å²) in [6.45, 7) is 2.29. The van der Waals surface area contributed by atoms with Gasteiger partial charge in [-0.1, -0.05) is 37.8 Å². The number of halogens is 2. The Balaban J connectivity index is 2.04. The molecule has 1 fully saturated rings. The van der Waals surface area contributed by atoms with Crippen molar-refractivity contribution in [2.45, 2.75) is 50.9 Å². The Bertz CT molecular complexity index is 606. The van der Waals surface area contributed by atoms with Gasteiger partial charge in [0.15, 0.2) is 0 Å².